The number of amides is 2. The second kappa shape index (κ2) is 8.65. The Kier molecular flexibility index (Phi) is 6.14. The lowest BCUT2D eigenvalue weighted by Gasteiger charge is -2.37. The monoisotopic (exact) mass is 430 g/mol. The molecule has 6 nitrogen and oxygen atoms in total. The van der Waals surface area contributed by atoms with Gasteiger partial charge in [0.1, 0.15) is 6.10 Å². The Morgan fingerprint density at radius 3 is 2.70 bits per heavy atom. The zero-order valence-electron chi connectivity index (χ0n) is 17.7. The Labute approximate surface area is 181 Å². The Bertz CT molecular complexity index is 932. The van der Waals surface area contributed by atoms with Crippen molar-refractivity contribution < 1.29 is 19.4 Å². The van der Waals surface area contributed by atoms with Crippen molar-refractivity contribution in [2.45, 2.75) is 50.2 Å². The van der Waals surface area contributed by atoms with Gasteiger partial charge in [-0.3, -0.25) is 9.59 Å². The molecule has 1 saturated carbocycles. The van der Waals surface area contributed by atoms with Crippen LogP contribution >= 0.6 is 11.3 Å². The van der Waals surface area contributed by atoms with Crippen molar-refractivity contribution in [3.05, 3.63) is 34.7 Å². The molecule has 4 rings (SSSR count). The van der Waals surface area contributed by atoms with Gasteiger partial charge < -0.3 is 19.6 Å². The largest absolute Gasteiger partial charge is 0.389 e. The molecule has 1 saturated heterocycles. The second-order valence-electron chi connectivity index (χ2n) is 8.70. The van der Waals surface area contributed by atoms with E-state index in [-0.39, 0.29) is 24.3 Å². The molecule has 1 N–H and O–H groups in total. The molecule has 2 aliphatic rings. The van der Waals surface area contributed by atoms with E-state index in [0.29, 0.717) is 37.4 Å². The lowest BCUT2D eigenvalue weighted by atomic mass is 9.82. The van der Waals surface area contributed by atoms with Crippen LogP contribution in [0.2, 0.25) is 0 Å². The predicted octanol–water partition coefficient (Wildman–Crippen LogP) is 3.59. The molecule has 1 aromatic carbocycles. The Hall–Kier alpha value is -1.96. The number of rotatable bonds is 4. The number of benzene rings is 1. The van der Waals surface area contributed by atoms with Gasteiger partial charge in [0.05, 0.1) is 30.1 Å². The average Bonchev–Trinajstić information content (AvgIpc) is 3.13. The normalized spacial score (nSPS) is 21.6. The topological polar surface area (TPSA) is 70.1 Å². The van der Waals surface area contributed by atoms with Crippen LogP contribution < -0.4 is 0 Å². The number of aliphatic hydroxyl groups is 1. The van der Waals surface area contributed by atoms with Gasteiger partial charge in [0.2, 0.25) is 5.91 Å². The minimum atomic E-state index is -0.871. The van der Waals surface area contributed by atoms with Gasteiger partial charge in [0, 0.05) is 30.9 Å². The highest BCUT2D eigenvalue weighted by atomic mass is 32.1. The Morgan fingerprint density at radius 2 is 1.97 bits per heavy atom. The Balaban J connectivity index is 1.59. The number of carbonyl (C=O) groups is 2. The van der Waals surface area contributed by atoms with Crippen molar-refractivity contribution in [1.82, 2.24) is 9.80 Å². The number of fused-ring (bicyclic) bond motifs is 1. The fraction of sp³-hybridized carbons (Fsp3) is 0.565. The van der Waals surface area contributed by atoms with Crippen molar-refractivity contribution in [3.63, 3.8) is 0 Å². The maximum Gasteiger partial charge on any atom is 0.263 e. The number of thiophene rings is 1. The summed E-state index contributed by atoms with van der Waals surface area (Å²) >= 11 is 1.48. The average molecular weight is 431 g/mol. The van der Waals surface area contributed by atoms with E-state index < -0.39 is 5.60 Å². The summed E-state index contributed by atoms with van der Waals surface area (Å²) in [6, 6.07) is 7.96. The number of ether oxygens (including phenoxy) is 1. The molecule has 0 spiro atoms. The molecule has 162 valence electrons. The second-order valence-corrected chi connectivity index (χ2v) is 9.75. The van der Waals surface area contributed by atoms with Gasteiger partial charge in [-0.1, -0.05) is 37.5 Å². The van der Waals surface area contributed by atoms with E-state index in [1.807, 2.05) is 24.3 Å². The molecule has 7 heteroatoms. The molecule has 2 aromatic rings. The van der Waals surface area contributed by atoms with E-state index >= 15 is 0 Å². The Morgan fingerprint density at radius 1 is 1.23 bits per heavy atom. The fourth-order valence-electron chi connectivity index (χ4n) is 4.58. The van der Waals surface area contributed by atoms with Crippen LogP contribution in [0, 0.1) is 0 Å². The third kappa shape index (κ3) is 4.24. The van der Waals surface area contributed by atoms with Crippen molar-refractivity contribution in [2.75, 3.05) is 33.8 Å². The zero-order valence-corrected chi connectivity index (χ0v) is 18.5. The molecule has 1 aliphatic carbocycles. The molecular formula is C23H30N2O4S. The van der Waals surface area contributed by atoms with Crippen LogP contribution in [0.3, 0.4) is 0 Å². The highest BCUT2D eigenvalue weighted by Gasteiger charge is 2.36. The summed E-state index contributed by atoms with van der Waals surface area (Å²) in [7, 11) is 3.50. The maximum absolute atomic E-state index is 13.0. The quantitative estimate of drug-likeness (QED) is 0.805. The van der Waals surface area contributed by atoms with Gasteiger partial charge in [-0.2, -0.15) is 0 Å². The minimum absolute atomic E-state index is 0.0206. The molecule has 1 aromatic heterocycles. The van der Waals surface area contributed by atoms with Gasteiger partial charge in [-0.15, -0.1) is 11.3 Å². The lowest BCUT2D eigenvalue weighted by Crippen LogP contribution is -2.46. The third-order valence-electron chi connectivity index (χ3n) is 6.24. The number of hydrogen-bond donors (Lipinski definition) is 1. The molecule has 2 heterocycles. The first-order chi connectivity index (χ1) is 14.4. The van der Waals surface area contributed by atoms with E-state index in [1.54, 1.807) is 23.9 Å². The van der Waals surface area contributed by atoms with E-state index in [2.05, 4.69) is 0 Å². The summed E-state index contributed by atoms with van der Waals surface area (Å²) in [5.41, 5.74) is 0.00717. The van der Waals surface area contributed by atoms with Crippen molar-refractivity contribution in [3.8, 4) is 0 Å². The highest BCUT2D eigenvalue weighted by Crippen LogP contribution is 2.39. The van der Waals surface area contributed by atoms with E-state index in [0.717, 1.165) is 34.9 Å². The van der Waals surface area contributed by atoms with Crippen LogP contribution in [-0.2, 0) is 9.53 Å². The smallest absolute Gasteiger partial charge is 0.263 e. The molecule has 0 radical (unpaired) electrons. The van der Waals surface area contributed by atoms with Crippen LogP contribution in [0.15, 0.2) is 24.3 Å². The molecule has 1 atom stereocenters. The summed E-state index contributed by atoms with van der Waals surface area (Å²) in [5.74, 6) is -0.0671. The number of hydrogen-bond acceptors (Lipinski definition) is 5. The SMILES string of the molecule is CN(C)C(=O)c1sc2ccccc2c1C1CN(C(=O)CC2(O)CCCCC2)CCO1. The van der Waals surface area contributed by atoms with E-state index in [1.165, 1.54) is 11.3 Å². The van der Waals surface area contributed by atoms with Crippen LogP contribution in [0.25, 0.3) is 10.1 Å². The molecule has 2 fully saturated rings. The van der Waals surface area contributed by atoms with Gasteiger partial charge in [0.15, 0.2) is 0 Å². The lowest BCUT2D eigenvalue weighted by molar-refractivity contribution is -0.145. The van der Waals surface area contributed by atoms with Gasteiger partial charge >= 0.3 is 0 Å². The number of morpholine rings is 1. The van der Waals surface area contributed by atoms with Crippen molar-refractivity contribution in [1.29, 1.82) is 0 Å². The van der Waals surface area contributed by atoms with E-state index in [9.17, 15) is 14.7 Å². The number of nitrogens with zero attached hydrogens (tertiary/aromatic N) is 2. The molecule has 1 unspecified atom stereocenters. The first-order valence-electron chi connectivity index (χ1n) is 10.7. The molecule has 2 amide bonds. The van der Waals surface area contributed by atoms with Crippen LogP contribution in [0.5, 0.6) is 0 Å². The standard InChI is InChI=1S/C23H30N2O4S/c1-24(2)22(27)21-20(16-8-4-5-9-18(16)30-21)17-15-25(12-13-29-17)19(26)14-23(28)10-6-3-7-11-23/h4-5,8-9,17,28H,3,6-7,10-15H2,1-2H3. The van der Waals surface area contributed by atoms with Gasteiger partial charge in [-0.25, -0.2) is 0 Å². The minimum Gasteiger partial charge on any atom is -0.389 e. The first-order valence-corrected chi connectivity index (χ1v) is 11.5. The number of carbonyl (C=O) groups excluding carboxylic acids is 2. The van der Waals surface area contributed by atoms with Crippen LogP contribution in [0.4, 0.5) is 0 Å². The zero-order chi connectivity index (χ0) is 21.3. The van der Waals surface area contributed by atoms with Crippen LogP contribution in [0.1, 0.15) is 59.9 Å². The van der Waals surface area contributed by atoms with Gasteiger partial charge in [-0.05, 0) is 24.3 Å². The third-order valence-corrected chi connectivity index (χ3v) is 7.41. The van der Waals surface area contributed by atoms with E-state index in [4.69, 9.17) is 4.74 Å². The fourth-order valence-corrected chi connectivity index (χ4v) is 5.85. The summed E-state index contributed by atoms with van der Waals surface area (Å²) in [4.78, 5) is 29.9. The molecule has 1 aliphatic heterocycles. The molecule has 30 heavy (non-hydrogen) atoms. The van der Waals surface area contributed by atoms with Crippen molar-refractivity contribution in [2.24, 2.45) is 0 Å². The maximum atomic E-state index is 13.0. The van der Waals surface area contributed by atoms with Crippen LogP contribution in [-0.4, -0.2) is 66.1 Å². The van der Waals surface area contributed by atoms with Crippen molar-refractivity contribution >= 4 is 33.2 Å². The molecular weight excluding hydrogens is 400 g/mol. The summed E-state index contributed by atoms with van der Waals surface area (Å²) < 4.78 is 7.12. The molecule has 0 bridgehead atoms. The highest BCUT2D eigenvalue weighted by molar-refractivity contribution is 7.21. The summed E-state index contributed by atoms with van der Waals surface area (Å²) in [5, 5.41) is 11.8. The first kappa shape index (κ1) is 21.3. The predicted molar refractivity (Wildman–Crippen MR) is 118 cm³/mol. The van der Waals surface area contributed by atoms with Gasteiger partial charge in [0.25, 0.3) is 5.91 Å². The summed E-state index contributed by atoms with van der Waals surface area (Å²) in [6.07, 6.45) is 4.31. The summed E-state index contributed by atoms with van der Waals surface area (Å²) in [6.45, 7) is 1.35.